The molecule has 1 N–H and O–H groups in total. The zero-order valence-corrected chi connectivity index (χ0v) is 18.7. The highest BCUT2D eigenvalue weighted by Crippen LogP contribution is 2.38. The van der Waals surface area contributed by atoms with Gasteiger partial charge < -0.3 is 10.1 Å². The number of benzene rings is 3. The van der Waals surface area contributed by atoms with Crippen molar-refractivity contribution in [3.05, 3.63) is 94.7 Å². The first-order valence-corrected chi connectivity index (χ1v) is 10.6. The third-order valence-electron chi connectivity index (χ3n) is 5.68. The number of carbonyl (C=O) groups is 2. The largest absolute Gasteiger partial charge is 0.496 e. The number of para-hydroxylation sites is 1. The molecule has 0 fully saturated rings. The van der Waals surface area contributed by atoms with Crippen LogP contribution in [0.4, 0.5) is 11.4 Å². The number of carbonyl (C=O) groups excluding carboxylic acids is 2. The van der Waals surface area contributed by atoms with E-state index in [0.29, 0.717) is 22.6 Å². The van der Waals surface area contributed by atoms with Crippen molar-refractivity contribution in [1.82, 2.24) is 0 Å². The van der Waals surface area contributed by atoms with Gasteiger partial charge in [0.1, 0.15) is 11.4 Å². The van der Waals surface area contributed by atoms with E-state index in [0.717, 1.165) is 23.2 Å². The molecule has 0 saturated carbocycles. The fourth-order valence-electron chi connectivity index (χ4n) is 3.99. The quantitative estimate of drug-likeness (QED) is 0.546. The lowest BCUT2D eigenvalue weighted by Crippen LogP contribution is -2.33. The van der Waals surface area contributed by atoms with Crippen LogP contribution in [-0.2, 0) is 16.0 Å². The second kappa shape index (κ2) is 8.71. The standard InChI is InChI=1S/C27H26N2O3/c1-5-19-11-13-20(14-12-19)28-25-24(21-8-6-7-9-23(21)32-4)26(30)29(27(25)31)22-15-10-17(2)16-18(22)3/h6-16,28H,5H2,1-4H3. The average Bonchev–Trinajstić information content (AvgIpc) is 3.03. The highest BCUT2D eigenvalue weighted by molar-refractivity contribution is 6.46. The summed E-state index contributed by atoms with van der Waals surface area (Å²) in [5, 5.41) is 3.21. The van der Waals surface area contributed by atoms with Crippen LogP contribution in [0.2, 0.25) is 0 Å². The molecule has 5 nitrogen and oxygen atoms in total. The Morgan fingerprint density at radius 2 is 1.62 bits per heavy atom. The maximum Gasteiger partial charge on any atom is 0.282 e. The lowest BCUT2D eigenvalue weighted by Gasteiger charge is -2.18. The van der Waals surface area contributed by atoms with Gasteiger partial charge in [0.05, 0.1) is 18.4 Å². The second-order valence-corrected chi connectivity index (χ2v) is 7.86. The Balaban J connectivity index is 1.85. The van der Waals surface area contributed by atoms with Gasteiger partial charge in [-0.1, -0.05) is 55.0 Å². The Bertz CT molecular complexity index is 1230. The van der Waals surface area contributed by atoms with Crippen molar-refractivity contribution in [3.8, 4) is 5.75 Å². The molecule has 3 aromatic carbocycles. The fraction of sp³-hybridized carbons (Fsp3) is 0.185. The number of nitrogens with one attached hydrogen (secondary N) is 1. The molecular formula is C27H26N2O3. The van der Waals surface area contributed by atoms with Crippen LogP contribution < -0.4 is 15.0 Å². The molecule has 0 spiro atoms. The van der Waals surface area contributed by atoms with E-state index < -0.39 is 0 Å². The van der Waals surface area contributed by atoms with Gasteiger partial charge in [0.2, 0.25) is 0 Å². The van der Waals surface area contributed by atoms with Crippen LogP contribution in [0.3, 0.4) is 0 Å². The Hall–Kier alpha value is -3.86. The summed E-state index contributed by atoms with van der Waals surface area (Å²) in [7, 11) is 1.55. The highest BCUT2D eigenvalue weighted by Gasteiger charge is 2.41. The Morgan fingerprint density at radius 3 is 2.28 bits per heavy atom. The van der Waals surface area contributed by atoms with Crippen LogP contribution in [0.15, 0.2) is 72.4 Å². The minimum absolute atomic E-state index is 0.240. The van der Waals surface area contributed by atoms with Gasteiger partial charge in [-0.3, -0.25) is 9.59 Å². The molecule has 0 bridgehead atoms. The molecule has 4 rings (SSSR count). The van der Waals surface area contributed by atoms with Crippen molar-refractivity contribution in [3.63, 3.8) is 0 Å². The fourth-order valence-corrected chi connectivity index (χ4v) is 3.99. The highest BCUT2D eigenvalue weighted by atomic mass is 16.5. The van der Waals surface area contributed by atoms with Gasteiger partial charge in [-0.2, -0.15) is 0 Å². The molecule has 2 amide bonds. The van der Waals surface area contributed by atoms with Crippen LogP contribution in [0.1, 0.15) is 29.2 Å². The number of anilines is 2. The molecule has 1 heterocycles. The minimum Gasteiger partial charge on any atom is -0.496 e. The smallest absolute Gasteiger partial charge is 0.282 e. The lowest BCUT2D eigenvalue weighted by molar-refractivity contribution is -0.120. The van der Waals surface area contributed by atoms with Gasteiger partial charge in [0.15, 0.2) is 0 Å². The van der Waals surface area contributed by atoms with E-state index in [1.54, 1.807) is 19.2 Å². The van der Waals surface area contributed by atoms with Gasteiger partial charge >= 0.3 is 0 Å². The molecule has 0 saturated heterocycles. The molecule has 0 unspecified atom stereocenters. The monoisotopic (exact) mass is 426 g/mol. The molecule has 0 radical (unpaired) electrons. The van der Waals surface area contributed by atoms with E-state index in [9.17, 15) is 9.59 Å². The van der Waals surface area contributed by atoms with E-state index in [-0.39, 0.29) is 17.5 Å². The van der Waals surface area contributed by atoms with Crippen molar-refractivity contribution < 1.29 is 14.3 Å². The topological polar surface area (TPSA) is 58.6 Å². The number of methoxy groups -OCH3 is 1. The lowest BCUT2D eigenvalue weighted by atomic mass is 10.0. The van der Waals surface area contributed by atoms with Crippen LogP contribution in [0.5, 0.6) is 5.75 Å². The van der Waals surface area contributed by atoms with Crippen LogP contribution in [-0.4, -0.2) is 18.9 Å². The van der Waals surface area contributed by atoms with Crippen LogP contribution in [0.25, 0.3) is 5.57 Å². The first-order valence-electron chi connectivity index (χ1n) is 10.6. The van der Waals surface area contributed by atoms with Crippen molar-refractivity contribution in [2.45, 2.75) is 27.2 Å². The summed E-state index contributed by atoms with van der Waals surface area (Å²) in [5.41, 5.74) is 5.56. The number of nitrogens with zero attached hydrogens (tertiary/aromatic N) is 1. The Morgan fingerprint density at radius 1 is 0.906 bits per heavy atom. The molecular weight excluding hydrogens is 400 g/mol. The third kappa shape index (κ3) is 3.78. The van der Waals surface area contributed by atoms with E-state index in [2.05, 4.69) is 12.2 Å². The number of rotatable bonds is 6. The normalized spacial score (nSPS) is 13.7. The SMILES string of the molecule is CCc1ccc(NC2=C(c3ccccc3OC)C(=O)N(c3ccc(C)cc3C)C2=O)cc1. The van der Waals surface area contributed by atoms with E-state index in [4.69, 9.17) is 4.74 Å². The zero-order chi connectivity index (χ0) is 22.8. The third-order valence-corrected chi connectivity index (χ3v) is 5.68. The first kappa shape index (κ1) is 21.4. The van der Waals surface area contributed by atoms with Crippen molar-refractivity contribution in [2.75, 3.05) is 17.3 Å². The summed E-state index contributed by atoms with van der Waals surface area (Å²) < 4.78 is 5.51. The molecule has 0 aromatic heterocycles. The Labute approximate surface area is 188 Å². The zero-order valence-electron chi connectivity index (χ0n) is 18.7. The summed E-state index contributed by atoms with van der Waals surface area (Å²) in [4.78, 5) is 28.5. The van der Waals surface area contributed by atoms with Crippen molar-refractivity contribution in [1.29, 1.82) is 0 Å². The van der Waals surface area contributed by atoms with Crippen LogP contribution >= 0.6 is 0 Å². The number of hydrogen-bond donors (Lipinski definition) is 1. The first-order chi connectivity index (χ1) is 15.4. The van der Waals surface area contributed by atoms with Crippen LogP contribution in [0, 0.1) is 13.8 Å². The van der Waals surface area contributed by atoms with Crippen molar-refractivity contribution in [2.24, 2.45) is 0 Å². The number of ether oxygens (including phenoxy) is 1. The second-order valence-electron chi connectivity index (χ2n) is 7.86. The number of imide groups is 1. The van der Waals surface area contributed by atoms with Gasteiger partial charge in [-0.15, -0.1) is 0 Å². The average molecular weight is 427 g/mol. The summed E-state index contributed by atoms with van der Waals surface area (Å²) in [6.07, 6.45) is 0.924. The molecule has 0 aliphatic carbocycles. The van der Waals surface area contributed by atoms with Gasteiger partial charge in [0.25, 0.3) is 11.8 Å². The molecule has 0 atom stereocenters. The molecule has 162 valence electrons. The van der Waals surface area contributed by atoms with E-state index in [1.165, 1.54) is 10.5 Å². The molecule has 1 aliphatic rings. The maximum absolute atomic E-state index is 13.7. The Kier molecular flexibility index (Phi) is 5.82. The maximum atomic E-state index is 13.7. The van der Waals surface area contributed by atoms with Gasteiger partial charge in [-0.05, 0) is 55.7 Å². The molecule has 32 heavy (non-hydrogen) atoms. The van der Waals surface area contributed by atoms with E-state index in [1.807, 2.05) is 68.4 Å². The van der Waals surface area contributed by atoms with Gasteiger partial charge in [0, 0.05) is 11.3 Å². The summed E-state index contributed by atoms with van der Waals surface area (Å²) in [5.74, 6) is -0.228. The van der Waals surface area contributed by atoms with Crippen molar-refractivity contribution >= 4 is 28.8 Å². The van der Waals surface area contributed by atoms with E-state index >= 15 is 0 Å². The summed E-state index contributed by atoms with van der Waals surface area (Å²) >= 11 is 0. The summed E-state index contributed by atoms with van der Waals surface area (Å²) in [6.45, 7) is 5.97. The predicted molar refractivity (Wildman–Crippen MR) is 128 cm³/mol. The van der Waals surface area contributed by atoms with Gasteiger partial charge in [-0.25, -0.2) is 4.90 Å². The molecule has 1 aliphatic heterocycles. The number of hydrogen-bond acceptors (Lipinski definition) is 4. The molecule has 5 heteroatoms. The summed E-state index contributed by atoms with van der Waals surface area (Å²) in [6, 6.07) is 20.8. The number of amides is 2. The predicted octanol–water partition coefficient (Wildman–Crippen LogP) is 5.27. The molecule has 3 aromatic rings. The minimum atomic E-state index is -0.387. The number of aryl methyl sites for hydroxylation is 3.